The molecule has 1 fully saturated rings. The molecule has 4 unspecified atom stereocenters. The third-order valence-corrected chi connectivity index (χ3v) is 6.68. The van der Waals surface area contributed by atoms with Gasteiger partial charge in [-0.05, 0) is 38.5 Å². The van der Waals surface area contributed by atoms with Crippen LogP contribution in [0.5, 0.6) is 0 Å². The molecule has 1 rings (SSSR count). The van der Waals surface area contributed by atoms with Gasteiger partial charge in [-0.2, -0.15) is 0 Å². The normalized spacial score (nSPS) is 34.7. The summed E-state index contributed by atoms with van der Waals surface area (Å²) in [5.74, 6) is 0.990. The molecule has 1 saturated heterocycles. The van der Waals surface area contributed by atoms with E-state index < -0.39 is 16.7 Å². The molecule has 21 heavy (non-hydrogen) atoms. The van der Waals surface area contributed by atoms with Crippen molar-refractivity contribution in [1.29, 1.82) is 0 Å². The van der Waals surface area contributed by atoms with Gasteiger partial charge in [-0.3, -0.25) is 4.90 Å². The van der Waals surface area contributed by atoms with Gasteiger partial charge in [-0.25, -0.2) is 0 Å². The fourth-order valence-electron chi connectivity index (χ4n) is 3.54. The van der Waals surface area contributed by atoms with Crippen molar-refractivity contribution >= 4 is 0 Å². The van der Waals surface area contributed by atoms with Gasteiger partial charge in [0, 0.05) is 17.6 Å². The first-order valence-electron chi connectivity index (χ1n) is 8.31. The SMILES string of the molecule is CC(C)C(C)(N)N1CC1(C(C)(N)C(C)C)C(C)(N)C(C)C. The maximum absolute atomic E-state index is 6.83. The lowest BCUT2D eigenvalue weighted by Gasteiger charge is -2.52. The molecular formula is C17H38N4. The standard InChI is InChI=1S/C17H38N4/c1-11(2)14(7,18)17(15(8,19)12(3)4)10-21(17)16(9,20)13(5)6/h11-13H,10,18-20H2,1-9H3. The molecule has 1 heterocycles. The highest BCUT2D eigenvalue weighted by Gasteiger charge is 2.74. The molecule has 0 aromatic heterocycles. The van der Waals surface area contributed by atoms with Gasteiger partial charge >= 0.3 is 0 Å². The molecule has 0 spiro atoms. The van der Waals surface area contributed by atoms with Crippen LogP contribution in [0.2, 0.25) is 0 Å². The van der Waals surface area contributed by atoms with Crippen LogP contribution in [-0.4, -0.2) is 33.7 Å². The maximum Gasteiger partial charge on any atom is 0.0713 e. The Kier molecular flexibility index (Phi) is 4.67. The molecule has 6 N–H and O–H groups in total. The van der Waals surface area contributed by atoms with Crippen molar-refractivity contribution in [1.82, 2.24) is 4.90 Å². The summed E-state index contributed by atoms with van der Waals surface area (Å²) in [6, 6.07) is 0. The van der Waals surface area contributed by atoms with Crippen LogP contribution in [-0.2, 0) is 0 Å². The third kappa shape index (κ3) is 2.44. The van der Waals surface area contributed by atoms with Crippen molar-refractivity contribution in [3.63, 3.8) is 0 Å². The van der Waals surface area contributed by atoms with Crippen LogP contribution < -0.4 is 17.2 Å². The number of hydrogen-bond acceptors (Lipinski definition) is 4. The minimum absolute atomic E-state index is 0.268. The largest absolute Gasteiger partial charge is 0.323 e. The Morgan fingerprint density at radius 3 is 1.33 bits per heavy atom. The van der Waals surface area contributed by atoms with Crippen LogP contribution in [0.25, 0.3) is 0 Å². The second-order valence-corrected chi connectivity index (χ2v) is 8.70. The van der Waals surface area contributed by atoms with Crippen LogP contribution in [0.3, 0.4) is 0 Å². The molecule has 126 valence electrons. The first-order chi connectivity index (χ1) is 9.17. The average Bonchev–Trinajstić information content (AvgIpc) is 3.05. The van der Waals surface area contributed by atoms with Crippen molar-refractivity contribution in [3.8, 4) is 0 Å². The number of nitrogens with zero attached hydrogens (tertiary/aromatic N) is 1. The molecule has 0 aromatic rings. The van der Waals surface area contributed by atoms with E-state index in [1.54, 1.807) is 0 Å². The summed E-state index contributed by atoms with van der Waals surface area (Å²) in [5, 5.41) is 0. The average molecular weight is 299 g/mol. The van der Waals surface area contributed by atoms with Crippen molar-refractivity contribution < 1.29 is 0 Å². The zero-order chi connectivity index (χ0) is 17.0. The molecule has 1 aliphatic rings. The Balaban J connectivity index is 3.39. The molecule has 0 radical (unpaired) electrons. The lowest BCUT2D eigenvalue weighted by molar-refractivity contribution is 0.0403. The van der Waals surface area contributed by atoms with Gasteiger partial charge in [0.05, 0.1) is 11.2 Å². The molecule has 4 nitrogen and oxygen atoms in total. The van der Waals surface area contributed by atoms with Crippen molar-refractivity contribution in [2.45, 2.75) is 84.6 Å². The van der Waals surface area contributed by atoms with Crippen LogP contribution >= 0.6 is 0 Å². The van der Waals surface area contributed by atoms with Gasteiger partial charge in [0.25, 0.3) is 0 Å². The Labute approximate surface area is 131 Å². The second-order valence-electron chi connectivity index (χ2n) is 8.70. The van der Waals surface area contributed by atoms with Gasteiger partial charge in [-0.15, -0.1) is 0 Å². The molecule has 0 saturated carbocycles. The van der Waals surface area contributed by atoms with E-state index in [9.17, 15) is 0 Å². The Morgan fingerprint density at radius 2 is 1.10 bits per heavy atom. The van der Waals surface area contributed by atoms with E-state index in [0.29, 0.717) is 17.8 Å². The van der Waals surface area contributed by atoms with Crippen molar-refractivity contribution in [2.24, 2.45) is 35.0 Å². The van der Waals surface area contributed by atoms with Crippen molar-refractivity contribution in [3.05, 3.63) is 0 Å². The summed E-state index contributed by atoms with van der Waals surface area (Å²) in [6.45, 7) is 20.3. The summed E-state index contributed by atoms with van der Waals surface area (Å²) in [4.78, 5) is 2.35. The van der Waals surface area contributed by atoms with E-state index in [0.717, 1.165) is 6.54 Å². The number of hydrogen-bond donors (Lipinski definition) is 3. The highest BCUT2D eigenvalue weighted by Crippen LogP contribution is 2.56. The predicted octanol–water partition coefficient (Wildman–Crippen LogP) is 2.12. The summed E-state index contributed by atoms with van der Waals surface area (Å²) >= 11 is 0. The first-order valence-corrected chi connectivity index (χ1v) is 8.31. The summed E-state index contributed by atoms with van der Waals surface area (Å²) in [7, 11) is 0. The topological polar surface area (TPSA) is 81.1 Å². The number of rotatable bonds is 6. The summed E-state index contributed by atoms with van der Waals surface area (Å²) in [5.41, 5.74) is 18.9. The van der Waals surface area contributed by atoms with E-state index in [1.165, 1.54) is 0 Å². The van der Waals surface area contributed by atoms with Gasteiger partial charge < -0.3 is 17.2 Å². The van der Waals surface area contributed by atoms with E-state index in [1.807, 2.05) is 0 Å². The third-order valence-electron chi connectivity index (χ3n) is 6.68. The Bertz CT molecular complexity index is 360. The molecule has 0 aliphatic carbocycles. The zero-order valence-corrected chi connectivity index (χ0v) is 15.6. The minimum atomic E-state index is -0.398. The van der Waals surface area contributed by atoms with Crippen molar-refractivity contribution in [2.75, 3.05) is 6.54 Å². The smallest absolute Gasteiger partial charge is 0.0713 e. The fourth-order valence-corrected chi connectivity index (χ4v) is 3.54. The highest BCUT2D eigenvalue weighted by molar-refractivity contribution is 5.33. The maximum atomic E-state index is 6.83. The lowest BCUT2D eigenvalue weighted by Crippen LogP contribution is -2.73. The van der Waals surface area contributed by atoms with Crippen LogP contribution in [0.4, 0.5) is 0 Å². The Hall–Kier alpha value is -0.160. The predicted molar refractivity (Wildman–Crippen MR) is 91.7 cm³/mol. The molecule has 4 atom stereocenters. The zero-order valence-electron chi connectivity index (χ0n) is 15.6. The fraction of sp³-hybridized carbons (Fsp3) is 1.00. The highest BCUT2D eigenvalue weighted by atomic mass is 15.5. The summed E-state index contributed by atoms with van der Waals surface area (Å²) < 4.78 is 0. The lowest BCUT2D eigenvalue weighted by atomic mass is 9.63. The Morgan fingerprint density at radius 1 is 0.762 bits per heavy atom. The van der Waals surface area contributed by atoms with E-state index >= 15 is 0 Å². The van der Waals surface area contributed by atoms with Crippen LogP contribution in [0.1, 0.15) is 62.3 Å². The van der Waals surface area contributed by atoms with Gasteiger partial charge in [-0.1, -0.05) is 41.5 Å². The van der Waals surface area contributed by atoms with E-state index in [4.69, 9.17) is 17.2 Å². The summed E-state index contributed by atoms with van der Waals surface area (Å²) in [6.07, 6.45) is 0. The van der Waals surface area contributed by atoms with E-state index in [2.05, 4.69) is 67.2 Å². The number of nitrogens with two attached hydrogens (primary N) is 3. The molecular weight excluding hydrogens is 260 g/mol. The quantitative estimate of drug-likeness (QED) is 0.656. The van der Waals surface area contributed by atoms with Gasteiger partial charge in [0.15, 0.2) is 0 Å². The molecule has 1 aliphatic heterocycles. The second kappa shape index (κ2) is 5.19. The molecule has 0 aromatic carbocycles. The van der Waals surface area contributed by atoms with Gasteiger partial charge in [0.1, 0.15) is 0 Å². The van der Waals surface area contributed by atoms with Crippen LogP contribution in [0.15, 0.2) is 0 Å². The van der Waals surface area contributed by atoms with Gasteiger partial charge in [0.2, 0.25) is 0 Å². The molecule has 0 bridgehead atoms. The minimum Gasteiger partial charge on any atom is -0.323 e. The molecule has 4 heteroatoms. The van der Waals surface area contributed by atoms with Crippen LogP contribution in [0, 0.1) is 17.8 Å². The van der Waals surface area contributed by atoms with E-state index in [-0.39, 0.29) is 5.54 Å². The molecule has 0 amide bonds. The monoisotopic (exact) mass is 298 g/mol. The first kappa shape index (κ1) is 18.9.